The average molecular weight is 246 g/mol. The maximum Gasteiger partial charge on any atom is 0.354 e. The standard InChI is InChI=1S/C12H14N4O2/c1-3-9-14-10(4-2)16(15-9)11-7-5-6-8(13-11)12(17)18/h5-7H,3-4H2,1-2H3,(H,17,18). The Hall–Kier alpha value is -2.24. The van der Waals surface area contributed by atoms with Crippen LogP contribution in [-0.2, 0) is 12.8 Å². The van der Waals surface area contributed by atoms with Crippen LogP contribution >= 0.6 is 0 Å². The highest BCUT2D eigenvalue weighted by Gasteiger charge is 2.12. The number of pyridine rings is 1. The monoisotopic (exact) mass is 246 g/mol. The minimum Gasteiger partial charge on any atom is -0.477 e. The Bertz CT molecular complexity index is 577. The molecule has 0 saturated carbocycles. The largest absolute Gasteiger partial charge is 0.477 e. The molecule has 0 spiro atoms. The van der Waals surface area contributed by atoms with Gasteiger partial charge in [-0.1, -0.05) is 19.9 Å². The predicted molar refractivity (Wildman–Crippen MR) is 64.9 cm³/mol. The molecule has 0 saturated heterocycles. The summed E-state index contributed by atoms with van der Waals surface area (Å²) >= 11 is 0. The van der Waals surface area contributed by atoms with Crippen molar-refractivity contribution in [2.24, 2.45) is 0 Å². The zero-order chi connectivity index (χ0) is 13.1. The third kappa shape index (κ3) is 2.22. The minimum atomic E-state index is -1.05. The van der Waals surface area contributed by atoms with E-state index in [9.17, 15) is 4.79 Å². The zero-order valence-corrected chi connectivity index (χ0v) is 10.3. The summed E-state index contributed by atoms with van der Waals surface area (Å²) in [6, 6.07) is 4.83. The van der Waals surface area contributed by atoms with Crippen LogP contribution in [0.4, 0.5) is 0 Å². The summed E-state index contributed by atoms with van der Waals surface area (Å²) in [5.41, 5.74) is 0.00287. The van der Waals surface area contributed by atoms with Crippen LogP contribution in [0.3, 0.4) is 0 Å². The molecule has 94 valence electrons. The highest BCUT2D eigenvalue weighted by atomic mass is 16.4. The van der Waals surface area contributed by atoms with Gasteiger partial charge in [0, 0.05) is 12.8 Å². The molecule has 6 nitrogen and oxygen atoms in total. The van der Waals surface area contributed by atoms with Gasteiger partial charge in [0.25, 0.3) is 0 Å². The van der Waals surface area contributed by atoms with E-state index < -0.39 is 5.97 Å². The SMILES string of the molecule is CCc1nc(CC)n(-c2cccc(C(=O)O)n2)n1. The van der Waals surface area contributed by atoms with Crippen molar-refractivity contribution in [3.63, 3.8) is 0 Å². The molecule has 0 amide bonds. The molecule has 1 N–H and O–H groups in total. The third-order valence-corrected chi connectivity index (χ3v) is 2.52. The summed E-state index contributed by atoms with van der Waals surface area (Å²) in [5.74, 6) is 0.945. The van der Waals surface area contributed by atoms with E-state index in [1.54, 1.807) is 16.8 Å². The lowest BCUT2D eigenvalue weighted by Crippen LogP contribution is -2.08. The Morgan fingerprint density at radius 1 is 1.28 bits per heavy atom. The number of carboxylic acids is 1. The number of carboxylic acid groups (broad SMARTS) is 1. The molecular weight excluding hydrogens is 232 g/mol. The highest BCUT2D eigenvalue weighted by Crippen LogP contribution is 2.09. The Balaban J connectivity index is 2.50. The predicted octanol–water partition coefficient (Wildman–Crippen LogP) is 1.49. The molecule has 2 aromatic heterocycles. The number of hydrogen-bond acceptors (Lipinski definition) is 4. The van der Waals surface area contributed by atoms with E-state index in [4.69, 9.17) is 5.11 Å². The van der Waals surface area contributed by atoms with E-state index in [1.807, 2.05) is 13.8 Å². The summed E-state index contributed by atoms with van der Waals surface area (Å²) in [6.45, 7) is 3.95. The van der Waals surface area contributed by atoms with Crippen molar-refractivity contribution in [1.29, 1.82) is 0 Å². The molecule has 0 aromatic carbocycles. The quantitative estimate of drug-likeness (QED) is 0.883. The molecule has 2 heterocycles. The number of carbonyl (C=O) groups is 1. The fourth-order valence-corrected chi connectivity index (χ4v) is 1.61. The molecule has 0 atom stereocenters. The van der Waals surface area contributed by atoms with Gasteiger partial charge in [-0.15, -0.1) is 5.10 Å². The van der Waals surface area contributed by atoms with Crippen LogP contribution in [0, 0.1) is 0 Å². The molecule has 0 bridgehead atoms. The van der Waals surface area contributed by atoms with Gasteiger partial charge in [-0.05, 0) is 12.1 Å². The summed E-state index contributed by atoms with van der Waals surface area (Å²) in [6.07, 6.45) is 1.45. The first-order chi connectivity index (χ1) is 8.65. The first kappa shape index (κ1) is 12.2. The van der Waals surface area contributed by atoms with Crippen LogP contribution in [0.5, 0.6) is 0 Å². The van der Waals surface area contributed by atoms with E-state index in [-0.39, 0.29) is 5.69 Å². The maximum absolute atomic E-state index is 10.9. The molecule has 6 heteroatoms. The molecule has 18 heavy (non-hydrogen) atoms. The lowest BCUT2D eigenvalue weighted by molar-refractivity contribution is 0.0690. The van der Waals surface area contributed by atoms with Gasteiger partial charge < -0.3 is 5.11 Å². The van der Waals surface area contributed by atoms with Gasteiger partial charge in [0.15, 0.2) is 17.3 Å². The molecule has 2 aromatic rings. The van der Waals surface area contributed by atoms with Crippen molar-refractivity contribution in [2.45, 2.75) is 26.7 Å². The fraction of sp³-hybridized carbons (Fsp3) is 0.333. The van der Waals surface area contributed by atoms with Crippen molar-refractivity contribution < 1.29 is 9.90 Å². The van der Waals surface area contributed by atoms with Gasteiger partial charge in [-0.3, -0.25) is 0 Å². The number of hydrogen-bond donors (Lipinski definition) is 1. The van der Waals surface area contributed by atoms with Gasteiger partial charge in [0.2, 0.25) is 0 Å². The van der Waals surface area contributed by atoms with Crippen LogP contribution in [0.2, 0.25) is 0 Å². The number of rotatable bonds is 4. The lowest BCUT2D eigenvalue weighted by Gasteiger charge is -2.03. The van der Waals surface area contributed by atoms with Crippen molar-refractivity contribution in [3.05, 3.63) is 35.5 Å². The number of aromatic carboxylic acids is 1. The topological polar surface area (TPSA) is 80.9 Å². The van der Waals surface area contributed by atoms with Crippen molar-refractivity contribution in [1.82, 2.24) is 19.7 Å². The molecule has 0 radical (unpaired) electrons. The van der Waals surface area contributed by atoms with E-state index in [0.29, 0.717) is 12.2 Å². The molecule has 0 aliphatic carbocycles. The van der Waals surface area contributed by atoms with Gasteiger partial charge in [0.1, 0.15) is 5.82 Å². The molecule has 0 aliphatic heterocycles. The summed E-state index contributed by atoms with van der Waals surface area (Å²) < 4.78 is 1.60. The lowest BCUT2D eigenvalue weighted by atomic mass is 10.3. The maximum atomic E-state index is 10.9. The van der Waals surface area contributed by atoms with Gasteiger partial charge in [0.05, 0.1) is 0 Å². The Kier molecular flexibility index (Phi) is 3.36. The summed E-state index contributed by atoms with van der Waals surface area (Å²) in [7, 11) is 0. The second-order valence-electron chi connectivity index (χ2n) is 3.75. The van der Waals surface area contributed by atoms with Crippen molar-refractivity contribution in [3.8, 4) is 5.82 Å². The zero-order valence-electron chi connectivity index (χ0n) is 10.3. The number of nitrogens with zero attached hydrogens (tertiary/aromatic N) is 4. The van der Waals surface area contributed by atoms with Gasteiger partial charge in [-0.2, -0.15) is 4.68 Å². The van der Waals surface area contributed by atoms with E-state index in [2.05, 4.69) is 15.1 Å². The average Bonchev–Trinajstić information content (AvgIpc) is 2.82. The highest BCUT2D eigenvalue weighted by molar-refractivity contribution is 5.85. The Morgan fingerprint density at radius 2 is 2.06 bits per heavy atom. The normalized spacial score (nSPS) is 10.6. The third-order valence-electron chi connectivity index (χ3n) is 2.52. The van der Waals surface area contributed by atoms with Crippen LogP contribution in [0.1, 0.15) is 36.0 Å². The second kappa shape index (κ2) is 4.95. The smallest absolute Gasteiger partial charge is 0.354 e. The molecule has 0 aliphatic rings. The summed E-state index contributed by atoms with van der Waals surface area (Å²) in [5, 5.41) is 13.2. The Labute approximate surface area is 104 Å². The van der Waals surface area contributed by atoms with Crippen LogP contribution in [0.15, 0.2) is 18.2 Å². The first-order valence-corrected chi connectivity index (χ1v) is 5.81. The first-order valence-electron chi connectivity index (χ1n) is 5.81. The van der Waals surface area contributed by atoms with Crippen LogP contribution in [0.25, 0.3) is 5.82 Å². The van der Waals surface area contributed by atoms with Gasteiger partial charge in [-0.25, -0.2) is 14.8 Å². The minimum absolute atomic E-state index is 0.00287. The molecule has 0 unspecified atom stereocenters. The number of aryl methyl sites for hydroxylation is 2. The molecular formula is C12H14N4O2. The van der Waals surface area contributed by atoms with Crippen LogP contribution < -0.4 is 0 Å². The van der Waals surface area contributed by atoms with E-state index >= 15 is 0 Å². The molecule has 0 fully saturated rings. The Morgan fingerprint density at radius 3 is 2.67 bits per heavy atom. The number of aromatic nitrogens is 4. The van der Waals surface area contributed by atoms with Crippen molar-refractivity contribution in [2.75, 3.05) is 0 Å². The van der Waals surface area contributed by atoms with E-state index in [1.165, 1.54) is 6.07 Å². The van der Waals surface area contributed by atoms with Crippen molar-refractivity contribution >= 4 is 5.97 Å². The van der Waals surface area contributed by atoms with Gasteiger partial charge >= 0.3 is 5.97 Å². The van der Waals surface area contributed by atoms with Crippen LogP contribution in [-0.4, -0.2) is 30.8 Å². The fourth-order valence-electron chi connectivity index (χ4n) is 1.61. The van der Waals surface area contributed by atoms with E-state index in [0.717, 1.165) is 18.1 Å². The molecule has 2 rings (SSSR count). The summed E-state index contributed by atoms with van der Waals surface area (Å²) in [4.78, 5) is 19.3. The second-order valence-corrected chi connectivity index (χ2v) is 3.75.